The van der Waals surface area contributed by atoms with Crippen molar-refractivity contribution in [1.29, 1.82) is 0 Å². The Morgan fingerprint density at radius 3 is 2.62 bits per heavy atom. The molecule has 0 radical (unpaired) electrons. The summed E-state index contributed by atoms with van der Waals surface area (Å²) in [6.07, 6.45) is 0. The molecule has 6 heteroatoms. The molecule has 2 unspecified atom stereocenters. The van der Waals surface area contributed by atoms with Crippen LogP contribution < -0.4 is 10.1 Å². The highest BCUT2D eigenvalue weighted by molar-refractivity contribution is 6.30. The average molecular weight is 379 g/mol. The standard InChI is InChI=1S/C20H24ClFN2O2/c1-13(16-6-5-7-17(21)11-16)23-14(2)20(25)24(3)12-15-8-9-19(26-4)18(22)10-15/h5-11,13-14,23H,12H2,1-4H3. The number of carbonyl (C=O) groups is 1. The summed E-state index contributed by atoms with van der Waals surface area (Å²) in [5, 5.41) is 3.94. The molecule has 1 N–H and O–H groups in total. The van der Waals surface area contributed by atoms with Crippen LogP contribution in [0.5, 0.6) is 5.75 Å². The van der Waals surface area contributed by atoms with Crippen LogP contribution in [0.4, 0.5) is 4.39 Å². The minimum atomic E-state index is -0.438. The lowest BCUT2D eigenvalue weighted by atomic mass is 10.1. The number of carbonyl (C=O) groups excluding carboxylic acids is 1. The fourth-order valence-electron chi connectivity index (χ4n) is 2.81. The minimum Gasteiger partial charge on any atom is -0.494 e. The normalized spacial score (nSPS) is 13.2. The maximum absolute atomic E-state index is 13.8. The van der Waals surface area contributed by atoms with Gasteiger partial charge in [-0.1, -0.05) is 29.8 Å². The highest BCUT2D eigenvalue weighted by Crippen LogP contribution is 2.20. The van der Waals surface area contributed by atoms with E-state index in [4.69, 9.17) is 16.3 Å². The Balaban J connectivity index is 1.97. The first-order valence-electron chi connectivity index (χ1n) is 8.40. The number of likely N-dealkylation sites (N-methyl/N-ethyl adjacent to an activating group) is 1. The van der Waals surface area contributed by atoms with Gasteiger partial charge in [0, 0.05) is 24.7 Å². The van der Waals surface area contributed by atoms with Crippen LogP contribution in [0.1, 0.15) is 31.0 Å². The number of ether oxygens (including phenoxy) is 1. The molecular weight excluding hydrogens is 355 g/mol. The van der Waals surface area contributed by atoms with Gasteiger partial charge >= 0.3 is 0 Å². The summed E-state index contributed by atoms with van der Waals surface area (Å²) in [4.78, 5) is 14.2. The Labute approximate surface area is 158 Å². The quantitative estimate of drug-likeness (QED) is 0.785. The van der Waals surface area contributed by atoms with Gasteiger partial charge in [-0.05, 0) is 49.2 Å². The third kappa shape index (κ3) is 5.19. The number of halogens is 2. The topological polar surface area (TPSA) is 41.6 Å². The van der Waals surface area contributed by atoms with Crippen LogP contribution in [0, 0.1) is 5.82 Å². The molecule has 4 nitrogen and oxygen atoms in total. The van der Waals surface area contributed by atoms with E-state index in [9.17, 15) is 9.18 Å². The van der Waals surface area contributed by atoms with Crippen molar-refractivity contribution in [2.24, 2.45) is 0 Å². The molecule has 2 atom stereocenters. The van der Waals surface area contributed by atoms with Gasteiger partial charge in [0.15, 0.2) is 11.6 Å². The fourth-order valence-corrected chi connectivity index (χ4v) is 3.01. The van der Waals surface area contributed by atoms with Gasteiger partial charge < -0.3 is 9.64 Å². The molecule has 26 heavy (non-hydrogen) atoms. The summed E-state index contributed by atoms with van der Waals surface area (Å²) in [6.45, 7) is 4.11. The van der Waals surface area contributed by atoms with Gasteiger partial charge in [0.2, 0.25) is 5.91 Å². The van der Waals surface area contributed by atoms with Crippen molar-refractivity contribution in [3.05, 3.63) is 64.4 Å². The number of amides is 1. The highest BCUT2D eigenvalue weighted by atomic mass is 35.5. The van der Waals surface area contributed by atoms with E-state index in [2.05, 4.69) is 5.32 Å². The lowest BCUT2D eigenvalue weighted by molar-refractivity contribution is -0.132. The molecule has 0 saturated carbocycles. The number of hydrogen-bond donors (Lipinski definition) is 1. The lowest BCUT2D eigenvalue weighted by Crippen LogP contribution is -2.43. The van der Waals surface area contributed by atoms with E-state index >= 15 is 0 Å². The van der Waals surface area contributed by atoms with E-state index in [1.807, 2.05) is 38.1 Å². The summed E-state index contributed by atoms with van der Waals surface area (Å²) >= 11 is 6.02. The Hall–Kier alpha value is -2.11. The largest absolute Gasteiger partial charge is 0.494 e. The number of nitrogens with one attached hydrogen (secondary N) is 1. The fraction of sp³-hybridized carbons (Fsp3) is 0.350. The van der Waals surface area contributed by atoms with Gasteiger partial charge in [-0.3, -0.25) is 10.1 Å². The van der Waals surface area contributed by atoms with Crippen LogP contribution in [0.2, 0.25) is 5.02 Å². The number of nitrogens with zero attached hydrogens (tertiary/aromatic N) is 1. The van der Waals surface area contributed by atoms with Gasteiger partial charge in [-0.2, -0.15) is 0 Å². The molecule has 0 aromatic heterocycles. The molecule has 2 aromatic carbocycles. The number of methoxy groups -OCH3 is 1. The summed E-state index contributed by atoms with van der Waals surface area (Å²) in [6, 6.07) is 11.8. The van der Waals surface area contributed by atoms with Gasteiger partial charge in [0.25, 0.3) is 0 Å². The maximum atomic E-state index is 13.8. The first-order valence-corrected chi connectivity index (χ1v) is 8.78. The monoisotopic (exact) mass is 378 g/mol. The second kappa shape index (κ2) is 9.01. The highest BCUT2D eigenvalue weighted by Gasteiger charge is 2.20. The zero-order valence-corrected chi connectivity index (χ0v) is 16.2. The third-order valence-electron chi connectivity index (χ3n) is 4.23. The first-order chi connectivity index (χ1) is 12.3. The van der Waals surface area contributed by atoms with E-state index in [1.54, 1.807) is 24.1 Å². The Bertz CT molecular complexity index is 769. The van der Waals surface area contributed by atoms with Crippen molar-refractivity contribution in [2.45, 2.75) is 32.5 Å². The van der Waals surface area contributed by atoms with E-state index in [1.165, 1.54) is 13.2 Å². The van der Waals surface area contributed by atoms with Crippen LogP contribution in [-0.2, 0) is 11.3 Å². The summed E-state index contributed by atoms with van der Waals surface area (Å²) in [5.74, 6) is -0.324. The SMILES string of the molecule is COc1ccc(CN(C)C(=O)C(C)NC(C)c2cccc(Cl)c2)cc1F. The smallest absolute Gasteiger partial charge is 0.239 e. The third-order valence-corrected chi connectivity index (χ3v) is 4.47. The van der Waals surface area contributed by atoms with E-state index < -0.39 is 11.9 Å². The predicted octanol–water partition coefficient (Wildman–Crippen LogP) is 4.19. The lowest BCUT2D eigenvalue weighted by Gasteiger charge is -2.25. The predicted molar refractivity (Wildman–Crippen MR) is 102 cm³/mol. The van der Waals surface area contributed by atoms with Crippen molar-refractivity contribution in [3.8, 4) is 5.75 Å². The molecule has 0 fully saturated rings. The average Bonchev–Trinajstić information content (AvgIpc) is 2.61. The van der Waals surface area contributed by atoms with E-state index in [-0.39, 0.29) is 17.7 Å². The van der Waals surface area contributed by atoms with Crippen LogP contribution in [-0.4, -0.2) is 31.0 Å². The number of hydrogen-bond acceptors (Lipinski definition) is 3. The molecule has 0 aliphatic rings. The molecule has 0 bridgehead atoms. The molecule has 0 aliphatic carbocycles. The van der Waals surface area contributed by atoms with Crippen LogP contribution in [0.15, 0.2) is 42.5 Å². The number of benzene rings is 2. The van der Waals surface area contributed by atoms with Gasteiger partial charge in [-0.15, -0.1) is 0 Å². The molecular formula is C20H24ClFN2O2. The minimum absolute atomic E-state index is 0.0283. The van der Waals surface area contributed by atoms with E-state index in [0.29, 0.717) is 17.1 Å². The van der Waals surface area contributed by atoms with Crippen LogP contribution in [0.3, 0.4) is 0 Å². The first kappa shape index (κ1) is 20.2. The summed E-state index contributed by atoms with van der Waals surface area (Å²) < 4.78 is 18.7. The summed E-state index contributed by atoms with van der Waals surface area (Å²) in [7, 11) is 3.12. The Morgan fingerprint density at radius 1 is 1.27 bits per heavy atom. The second-order valence-electron chi connectivity index (χ2n) is 6.33. The Kier molecular flexibility index (Phi) is 7.00. The van der Waals surface area contributed by atoms with Crippen molar-refractivity contribution < 1.29 is 13.9 Å². The number of rotatable bonds is 7. The van der Waals surface area contributed by atoms with Crippen LogP contribution in [0.25, 0.3) is 0 Å². The Morgan fingerprint density at radius 2 is 2.00 bits per heavy atom. The van der Waals surface area contributed by atoms with E-state index in [0.717, 1.165) is 5.56 Å². The molecule has 0 aliphatic heterocycles. The molecule has 2 rings (SSSR count). The molecule has 2 aromatic rings. The second-order valence-corrected chi connectivity index (χ2v) is 6.76. The van der Waals surface area contributed by atoms with Crippen molar-refractivity contribution >= 4 is 17.5 Å². The molecule has 0 heterocycles. The van der Waals surface area contributed by atoms with Gasteiger partial charge in [0.1, 0.15) is 0 Å². The summed E-state index contributed by atoms with van der Waals surface area (Å²) in [5.41, 5.74) is 1.71. The molecule has 0 saturated heterocycles. The van der Waals surface area contributed by atoms with Crippen LogP contribution >= 0.6 is 11.6 Å². The molecule has 0 spiro atoms. The molecule has 140 valence electrons. The van der Waals surface area contributed by atoms with Crippen molar-refractivity contribution in [2.75, 3.05) is 14.2 Å². The van der Waals surface area contributed by atoms with Gasteiger partial charge in [0.05, 0.1) is 13.2 Å². The van der Waals surface area contributed by atoms with Gasteiger partial charge in [-0.25, -0.2) is 4.39 Å². The van der Waals surface area contributed by atoms with Crippen molar-refractivity contribution in [3.63, 3.8) is 0 Å². The molecule has 1 amide bonds. The zero-order valence-electron chi connectivity index (χ0n) is 15.4. The zero-order chi connectivity index (χ0) is 19.3. The van der Waals surface area contributed by atoms with Crippen molar-refractivity contribution in [1.82, 2.24) is 10.2 Å². The maximum Gasteiger partial charge on any atom is 0.239 e.